The van der Waals surface area contributed by atoms with Crippen molar-refractivity contribution in [2.24, 2.45) is 18.4 Å². The molecule has 2 amide bonds. The molecule has 1 heterocycles. The van der Waals surface area contributed by atoms with Gasteiger partial charge in [0.25, 0.3) is 0 Å². The number of imidazole rings is 1. The second kappa shape index (κ2) is 11.3. The van der Waals surface area contributed by atoms with E-state index in [1.54, 1.807) is 19.6 Å². The van der Waals surface area contributed by atoms with Gasteiger partial charge in [-0.3, -0.25) is 9.59 Å². The van der Waals surface area contributed by atoms with E-state index < -0.39 is 6.04 Å². The highest BCUT2D eigenvalue weighted by Crippen LogP contribution is 2.21. The second-order valence-corrected chi connectivity index (χ2v) is 10.5. The van der Waals surface area contributed by atoms with E-state index in [2.05, 4.69) is 24.1 Å². The van der Waals surface area contributed by atoms with Gasteiger partial charge in [0.1, 0.15) is 11.8 Å². The van der Waals surface area contributed by atoms with Gasteiger partial charge in [-0.1, -0.05) is 46.8 Å². The minimum absolute atomic E-state index is 0.0827. The van der Waals surface area contributed by atoms with E-state index in [1.165, 1.54) is 0 Å². The quantitative estimate of drug-likeness (QED) is 0.589. The first-order valence-electron chi connectivity index (χ1n) is 11.6. The van der Waals surface area contributed by atoms with Gasteiger partial charge in [0.2, 0.25) is 11.8 Å². The molecule has 0 unspecified atom stereocenters. The normalized spacial score (nSPS) is 12.5. The SMILES string of the molecule is COc1ccc(CN(CC(C)C)C(=O)[C@H](Cc2cncn2C)NC(=O)CC(C)(C)C)cc1C. The molecule has 0 radical (unpaired) electrons. The van der Waals surface area contributed by atoms with Crippen molar-refractivity contribution in [2.75, 3.05) is 13.7 Å². The summed E-state index contributed by atoms with van der Waals surface area (Å²) in [4.78, 5) is 32.6. The molecule has 0 fully saturated rings. The molecule has 1 aromatic heterocycles. The summed E-state index contributed by atoms with van der Waals surface area (Å²) in [5.41, 5.74) is 2.79. The van der Waals surface area contributed by atoms with E-state index in [9.17, 15) is 9.59 Å². The van der Waals surface area contributed by atoms with Gasteiger partial charge in [0, 0.05) is 44.9 Å². The van der Waals surface area contributed by atoms with Crippen LogP contribution in [-0.4, -0.2) is 46.0 Å². The third kappa shape index (κ3) is 8.22. The van der Waals surface area contributed by atoms with Crippen LogP contribution in [0.4, 0.5) is 0 Å². The number of carbonyl (C=O) groups is 2. The highest BCUT2D eigenvalue weighted by Gasteiger charge is 2.29. The number of nitrogens with one attached hydrogen (secondary N) is 1. The minimum Gasteiger partial charge on any atom is -0.496 e. The predicted octanol–water partition coefficient (Wildman–Crippen LogP) is 3.89. The van der Waals surface area contributed by atoms with Crippen molar-refractivity contribution < 1.29 is 14.3 Å². The van der Waals surface area contributed by atoms with Crippen molar-refractivity contribution in [1.29, 1.82) is 0 Å². The van der Waals surface area contributed by atoms with Crippen molar-refractivity contribution >= 4 is 11.8 Å². The van der Waals surface area contributed by atoms with Crippen LogP contribution in [-0.2, 0) is 29.6 Å². The van der Waals surface area contributed by atoms with Crippen LogP contribution in [0.3, 0.4) is 0 Å². The van der Waals surface area contributed by atoms with E-state index >= 15 is 0 Å². The lowest BCUT2D eigenvalue weighted by Gasteiger charge is -2.30. The zero-order valence-electron chi connectivity index (χ0n) is 21.4. The van der Waals surface area contributed by atoms with Crippen LogP contribution in [0.5, 0.6) is 5.75 Å². The number of hydrogen-bond donors (Lipinski definition) is 1. The summed E-state index contributed by atoms with van der Waals surface area (Å²) >= 11 is 0. The molecule has 1 N–H and O–H groups in total. The van der Waals surface area contributed by atoms with Crippen molar-refractivity contribution in [2.45, 2.75) is 67.0 Å². The lowest BCUT2D eigenvalue weighted by molar-refractivity contribution is -0.137. The first-order chi connectivity index (χ1) is 15.4. The first kappa shape index (κ1) is 26.4. The van der Waals surface area contributed by atoms with Crippen LogP contribution in [0.15, 0.2) is 30.7 Å². The standard InChI is InChI=1S/C26H40N4O3/c1-18(2)15-30(16-20-9-10-23(33-8)19(3)11-20)25(32)22(12-21-14-27-17-29(21)7)28-24(31)13-26(4,5)6/h9-11,14,17-18,22H,12-13,15-16H2,1-8H3,(H,28,31)/t22-/m0/s1. The van der Waals surface area contributed by atoms with E-state index in [-0.39, 0.29) is 23.1 Å². The number of hydrogen-bond acceptors (Lipinski definition) is 4. The average molecular weight is 457 g/mol. The fraction of sp³-hybridized carbons (Fsp3) is 0.577. The van der Waals surface area contributed by atoms with Gasteiger partial charge in [-0.25, -0.2) is 4.98 Å². The summed E-state index contributed by atoms with van der Waals surface area (Å²) in [6.45, 7) is 13.3. The van der Waals surface area contributed by atoms with Crippen molar-refractivity contribution in [3.8, 4) is 5.75 Å². The zero-order valence-corrected chi connectivity index (χ0v) is 21.4. The Morgan fingerprint density at radius 1 is 1.24 bits per heavy atom. The molecule has 7 heteroatoms. The van der Waals surface area contributed by atoms with Gasteiger partial charge in [0.15, 0.2) is 0 Å². The Bertz CT molecular complexity index is 943. The molecule has 0 spiro atoms. The van der Waals surface area contributed by atoms with Crippen LogP contribution in [0.25, 0.3) is 0 Å². The number of amides is 2. The van der Waals surface area contributed by atoms with Crippen LogP contribution in [0, 0.1) is 18.3 Å². The predicted molar refractivity (Wildman–Crippen MR) is 131 cm³/mol. The van der Waals surface area contributed by atoms with Crippen molar-refractivity contribution in [1.82, 2.24) is 19.8 Å². The van der Waals surface area contributed by atoms with Gasteiger partial charge in [0.05, 0.1) is 13.4 Å². The fourth-order valence-electron chi connectivity index (χ4n) is 3.87. The molecule has 7 nitrogen and oxygen atoms in total. The van der Waals surface area contributed by atoms with E-state index in [0.29, 0.717) is 25.9 Å². The lowest BCUT2D eigenvalue weighted by Crippen LogP contribution is -2.51. The Morgan fingerprint density at radius 2 is 1.94 bits per heavy atom. The van der Waals surface area contributed by atoms with Crippen LogP contribution in [0.1, 0.15) is 57.9 Å². The van der Waals surface area contributed by atoms with Crippen LogP contribution in [0.2, 0.25) is 0 Å². The average Bonchev–Trinajstić information content (AvgIpc) is 3.09. The Morgan fingerprint density at radius 3 is 2.45 bits per heavy atom. The molecule has 0 aliphatic rings. The van der Waals surface area contributed by atoms with E-state index in [0.717, 1.165) is 22.6 Å². The maximum absolute atomic E-state index is 13.8. The molecule has 182 valence electrons. The fourth-order valence-corrected chi connectivity index (χ4v) is 3.87. The van der Waals surface area contributed by atoms with Crippen LogP contribution < -0.4 is 10.1 Å². The molecule has 0 aliphatic heterocycles. The summed E-state index contributed by atoms with van der Waals surface area (Å²) in [7, 11) is 3.55. The maximum Gasteiger partial charge on any atom is 0.245 e. The van der Waals surface area contributed by atoms with Crippen LogP contribution >= 0.6 is 0 Å². The minimum atomic E-state index is -0.659. The Hall–Kier alpha value is -2.83. The number of aryl methyl sites for hydroxylation is 2. The van der Waals surface area contributed by atoms with Crippen molar-refractivity contribution in [3.05, 3.63) is 47.5 Å². The summed E-state index contributed by atoms with van der Waals surface area (Å²) in [6, 6.07) is 5.31. The van der Waals surface area contributed by atoms with Gasteiger partial charge in [-0.15, -0.1) is 0 Å². The Balaban J connectivity index is 2.31. The monoisotopic (exact) mass is 456 g/mol. The summed E-state index contributed by atoms with van der Waals surface area (Å²) in [6.07, 6.45) is 4.20. The number of methoxy groups -OCH3 is 1. The summed E-state index contributed by atoms with van der Waals surface area (Å²) in [5.74, 6) is 0.911. The molecular weight excluding hydrogens is 416 g/mol. The second-order valence-electron chi connectivity index (χ2n) is 10.5. The highest BCUT2D eigenvalue weighted by atomic mass is 16.5. The third-order valence-electron chi connectivity index (χ3n) is 5.38. The maximum atomic E-state index is 13.8. The number of carbonyl (C=O) groups excluding carboxylic acids is 2. The van der Waals surface area contributed by atoms with Gasteiger partial charge in [-0.05, 0) is 35.4 Å². The van der Waals surface area contributed by atoms with Gasteiger partial charge >= 0.3 is 0 Å². The summed E-state index contributed by atoms with van der Waals surface area (Å²) < 4.78 is 7.26. The number of rotatable bonds is 10. The number of nitrogens with zero attached hydrogens (tertiary/aromatic N) is 3. The molecular formula is C26H40N4O3. The Labute approximate surface area is 198 Å². The summed E-state index contributed by atoms with van der Waals surface area (Å²) in [5, 5.41) is 3.02. The molecule has 2 aromatic rings. The number of benzene rings is 1. The molecule has 33 heavy (non-hydrogen) atoms. The topological polar surface area (TPSA) is 76.5 Å². The smallest absolute Gasteiger partial charge is 0.245 e. The molecule has 1 atom stereocenters. The van der Waals surface area contributed by atoms with Gasteiger partial charge in [-0.2, -0.15) is 0 Å². The van der Waals surface area contributed by atoms with E-state index in [1.807, 2.05) is 62.4 Å². The third-order valence-corrected chi connectivity index (χ3v) is 5.38. The molecule has 0 aliphatic carbocycles. The van der Waals surface area contributed by atoms with Crippen molar-refractivity contribution in [3.63, 3.8) is 0 Å². The molecule has 0 saturated heterocycles. The van der Waals surface area contributed by atoms with E-state index in [4.69, 9.17) is 4.74 Å². The highest BCUT2D eigenvalue weighted by molar-refractivity contribution is 5.88. The Kier molecular flexibility index (Phi) is 9.08. The molecule has 0 bridgehead atoms. The van der Waals surface area contributed by atoms with Gasteiger partial charge < -0.3 is 19.5 Å². The molecule has 1 aromatic carbocycles. The zero-order chi connectivity index (χ0) is 24.8. The number of aromatic nitrogens is 2. The number of ether oxygens (including phenoxy) is 1. The first-order valence-corrected chi connectivity index (χ1v) is 11.6. The molecule has 2 rings (SSSR count). The lowest BCUT2D eigenvalue weighted by atomic mass is 9.91. The molecule has 0 saturated carbocycles. The largest absolute Gasteiger partial charge is 0.496 e.